The lowest BCUT2D eigenvalue weighted by atomic mass is 9.52. The van der Waals surface area contributed by atoms with E-state index in [0.29, 0.717) is 18.8 Å². The number of sulfonamides is 1. The molecule has 5 rings (SSSR count). The van der Waals surface area contributed by atoms with Gasteiger partial charge in [-0.2, -0.15) is 4.72 Å². The van der Waals surface area contributed by atoms with Gasteiger partial charge in [-0.05, 0) is 75.8 Å². The van der Waals surface area contributed by atoms with Crippen LogP contribution in [0.2, 0.25) is 0 Å². The Balaban J connectivity index is 1.49. The number of amides is 2. The molecule has 11 heteroatoms. The van der Waals surface area contributed by atoms with Crippen LogP contribution in [0.15, 0.2) is 23.1 Å². The average molecular weight is 472 g/mol. The van der Waals surface area contributed by atoms with Crippen LogP contribution < -0.4 is 15.8 Å². The van der Waals surface area contributed by atoms with Crippen LogP contribution in [0.3, 0.4) is 0 Å². The molecule has 0 aromatic heterocycles. The van der Waals surface area contributed by atoms with Gasteiger partial charge in [0.2, 0.25) is 15.9 Å². The van der Waals surface area contributed by atoms with Crippen LogP contribution in [0.1, 0.15) is 46.0 Å². The zero-order valence-electron chi connectivity index (χ0n) is 17.9. The van der Waals surface area contributed by atoms with Crippen molar-refractivity contribution in [1.29, 1.82) is 0 Å². The van der Waals surface area contributed by atoms with Crippen LogP contribution in [0.5, 0.6) is 0 Å². The summed E-state index contributed by atoms with van der Waals surface area (Å²) in [7, 11) is -4.64. The molecule has 0 aliphatic heterocycles. The summed E-state index contributed by atoms with van der Waals surface area (Å²) < 4.78 is 60.9. The largest absolute Gasteiger partial charge is 0.443 e. The van der Waals surface area contributed by atoms with Crippen molar-refractivity contribution in [3.63, 3.8) is 0 Å². The lowest BCUT2D eigenvalue weighted by molar-refractivity contribution is -0.148. The Morgan fingerprint density at radius 3 is 2.22 bits per heavy atom. The molecule has 0 spiro atoms. The highest BCUT2D eigenvalue weighted by molar-refractivity contribution is 7.89. The minimum atomic E-state index is -4.64. The Morgan fingerprint density at radius 2 is 1.69 bits per heavy atom. The molecule has 8 nitrogen and oxygen atoms in total. The highest BCUT2D eigenvalue weighted by Crippen LogP contribution is 2.57. The number of ether oxygens (including phenoxy) is 1. The fourth-order valence-corrected chi connectivity index (χ4v) is 7.54. The van der Waals surface area contributed by atoms with E-state index in [1.807, 2.05) is 0 Å². The van der Waals surface area contributed by atoms with Crippen LogP contribution in [0.25, 0.3) is 0 Å². The van der Waals surface area contributed by atoms with Crippen LogP contribution >= 0.6 is 0 Å². The van der Waals surface area contributed by atoms with Gasteiger partial charge in [0.25, 0.3) is 0 Å². The molecule has 2 atom stereocenters. The van der Waals surface area contributed by atoms with E-state index in [0.717, 1.165) is 37.5 Å². The van der Waals surface area contributed by atoms with Crippen molar-refractivity contribution in [1.82, 2.24) is 10.0 Å². The van der Waals surface area contributed by atoms with Gasteiger partial charge in [0, 0.05) is 6.04 Å². The third kappa shape index (κ3) is 4.07. The number of benzene rings is 1. The molecule has 4 saturated carbocycles. The quantitative estimate of drug-likeness (QED) is 0.586. The molecule has 0 heterocycles. The Hall–Kier alpha value is -2.27. The Morgan fingerprint density at radius 1 is 1.12 bits per heavy atom. The maximum Gasteiger partial charge on any atom is 0.405 e. The van der Waals surface area contributed by atoms with Crippen LogP contribution in [-0.4, -0.2) is 37.6 Å². The number of rotatable bonds is 6. The van der Waals surface area contributed by atoms with Crippen molar-refractivity contribution in [2.24, 2.45) is 23.5 Å². The van der Waals surface area contributed by atoms with Crippen molar-refractivity contribution in [2.45, 2.75) is 68.0 Å². The second kappa shape index (κ2) is 7.65. The number of primary amides is 1. The first-order valence-corrected chi connectivity index (χ1v) is 12.1. The van der Waals surface area contributed by atoms with E-state index in [4.69, 9.17) is 10.5 Å². The number of carbonyl (C=O) groups excluding carboxylic acids is 2. The molecular weight excluding hydrogens is 444 g/mol. The molecule has 2 amide bonds. The smallest absolute Gasteiger partial charge is 0.405 e. The topological polar surface area (TPSA) is 128 Å². The molecule has 1 aromatic rings. The Bertz CT molecular complexity index is 1030. The maximum atomic E-state index is 14.0. The Kier molecular flexibility index (Phi) is 5.48. The fraction of sp³-hybridized carbons (Fsp3) is 0.619. The van der Waals surface area contributed by atoms with Gasteiger partial charge in [0.05, 0.1) is 0 Å². The monoisotopic (exact) mass is 471 g/mol. The molecule has 4 fully saturated rings. The summed E-state index contributed by atoms with van der Waals surface area (Å²) in [6.45, 7) is 2.68. The van der Waals surface area contributed by atoms with Crippen molar-refractivity contribution in [3.8, 4) is 0 Å². The second-order valence-corrected chi connectivity index (χ2v) is 11.5. The van der Waals surface area contributed by atoms with E-state index in [1.165, 1.54) is 13.8 Å². The number of carbonyl (C=O) groups is 2. The van der Waals surface area contributed by atoms with E-state index in [9.17, 15) is 26.8 Å². The number of nitrogens with two attached hydrogens (primary N) is 1. The minimum Gasteiger partial charge on any atom is -0.443 e. The first-order valence-electron chi connectivity index (χ1n) is 10.6. The van der Waals surface area contributed by atoms with Gasteiger partial charge >= 0.3 is 6.09 Å². The standard InChI is InChI=1S/C21H27F2N3O5S/c1-20(2,26-32(29,30)17-14(22)4-3-5-15(17)23)18(27)25-16-12-6-11-7-13(16)10-21(8-11,9-12)31-19(24)28/h3-5,11-13,16,26H,6-10H2,1-2H3,(H2,24,28)(H,25,27). The molecular formula is C21H27F2N3O5S. The van der Waals surface area contributed by atoms with Crippen LogP contribution in [0.4, 0.5) is 13.6 Å². The fourth-order valence-electron chi connectivity index (χ4n) is 6.03. The predicted molar refractivity (Wildman–Crippen MR) is 110 cm³/mol. The van der Waals surface area contributed by atoms with Crippen molar-refractivity contribution < 1.29 is 31.5 Å². The summed E-state index contributed by atoms with van der Waals surface area (Å²) in [5, 5.41) is 2.95. The maximum absolute atomic E-state index is 14.0. The van der Waals surface area contributed by atoms with Crippen molar-refractivity contribution in [3.05, 3.63) is 29.8 Å². The molecule has 32 heavy (non-hydrogen) atoms. The number of halogens is 2. The molecule has 0 saturated heterocycles. The van der Waals surface area contributed by atoms with Gasteiger partial charge in [-0.1, -0.05) is 6.07 Å². The molecule has 4 aliphatic carbocycles. The van der Waals surface area contributed by atoms with E-state index >= 15 is 0 Å². The highest BCUT2D eigenvalue weighted by atomic mass is 32.2. The molecule has 4 N–H and O–H groups in total. The van der Waals surface area contributed by atoms with E-state index < -0.39 is 49.7 Å². The molecule has 0 radical (unpaired) electrons. The molecule has 4 aliphatic rings. The first kappa shape index (κ1) is 22.9. The summed E-state index contributed by atoms with van der Waals surface area (Å²) in [6, 6.07) is 2.52. The number of hydrogen-bond donors (Lipinski definition) is 3. The van der Waals surface area contributed by atoms with Gasteiger partial charge in [0.1, 0.15) is 22.8 Å². The van der Waals surface area contributed by atoms with Crippen LogP contribution in [0, 0.1) is 29.4 Å². The van der Waals surface area contributed by atoms with Crippen LogP contribution in [-0.2, 0) is 19.6 Å². The average Bonchev–Trinajstić information content (AvgIpc) is 2.61. The molecule has 176 valence electrons. The SMILES string of the molecule is CC(C)(NS(=O)(=O)c1c(F)cccc1F)C(=O)NC1C2CC3CC1CC(OC(N)=O)(C3)C2. The van der Waals surface area contributed by atoms with E-state index in [1.54, 1.807) is 0 Å². The molecule has 1 aromatic carbocycles. The van der Waals surface area contributed by atoms with Gasteiger partial charge < -0.3 is 15.8 Å². The van der Waals surface area contributed by atoms with Gasteiger partial charge in [-0.15, -0.1) is 0 Å². The third-order valence-electron chi connectivity index (χ3n) is 6.98. The predicted octanol–water partition coefficient (Wildman–Crippen LogP) is 2.18. The number of hydrogen-bond acceptors (Lipinski definition) is 5. The highest BCUT2D eigenvalue weighted by Gasteiger charge is 2.58. The second-order valence-electron chi connectivity index (χ2n) is 9.85. The van der Waals surface area contributed by atoms with Crippen molar-refractivity contribution >= 4 is 22.0 Å². The summed E-state index contributed by atoms with van der Waals surface area (Å²) in [4.78, 5) is 23.3. The summed E-state index contributed by atoms with van der Waals surface area (Å²) in [5.41, 5.74) is 3.01. The normalized spacial score (nSPS) is 31.4. The lowest BCUT2D eigenvalue weighted by Crippen LogP contribution is -2.65. The third-order valence-corrected chi connectivity index (χ3v) is 8.68. The van der Waals surface area contributed by atoms with Gasteiger partial charge in [-0.25, -0.2) is 22.0 Å². The van der Waals surface area contributed by atoms with Crippen molar-refractivity contribution in [2.75, 3.05) is 0 Å². The van der Waals surface area contributed by atoms with Gasteiger partial charge in [-0.3, -0.25) is 4.79 Å². The molecule has 2 unspecified atom stereocenters. The van der Waals surface area contributed by atoms with E-state index in [2.05, 4.69) is 10.0 Å². The zero-order valence-corrected chi connectivity index (χ0v) is 18.7. The minimum absolute atomic E-state index is 0.0703. The summed E-state index contributed by atoms with van der Waals surface area (Å²) in [5.74, 6) is -2.55. The number of nitrogens with one attached hydrogen (secondary N) is 2. The van der Waals surface area contributed by atoms with Gasteiger partial charge in [0.15, 0.2) is 4.90 Å². The molecule has 4 bridgehead atoms. The lowest BCUT2D eigenvalue weighted by Gasteiger charge is -2.59. The zero-order chi connectivity index (χ0) is 23.5. The first-order chi connectivity index (χ1) is 14.8. The van der Waals surface area contributed by atoms with E-state index in [-0.39, 0.29) is 17.9 Å². The summed E-state index contributed by atoms with van der Waals surface area (Å²) in [6.07, 6.45) is 2.88. The summed E-state index contributed by atoms with van der Waals surface area (Å²) >= 11 is 0. The Labute approximate surface area is 185 Å².